The van der Waals surface area contributed by atoms with Crippen LogP contribution in [0.15, 0.2) is 0 Å². The van der Waals surface area contributed by atoms with Crippen LogP contribution in [0.1, 0.15) is 39.0 Å². The maximum atomic E-state index is 10.3. The molecule has 0 rings (SSSR count). The molecule has 0 aliphatic carbocycles. The highest BCUT2D eigenvalue weighted by Gasteiger charge is 2.10. The number of aliphatic carboxylic acids is 1. The van der Waals surface area contributed by atoms with Gasteiger partial charge >= 0.3 is 5.97 Å². The molecular weight excluding hydrogens is 168 g/mol. The van der Waals surface area contributed by atoms with E-state index in [1.165, 1.54) is 0 Å². The van der Waals surface area contributed by atoms with Crippen LogP contribution in [0.5, 0.6) is 0 Å². The fourth-order valence-electron chi connectivity index (χ4n) is 1.10. The molecule has 0 aromatic heterocycles. The Morgan fingerprint density at radius 2 is 1.85 bits per heavy atom. The van der Waals surface area contributed by atoms with Gasteiger partial charge in [-0.25, -0.2) is 0 Å². The zero-order valence-electron chi connectivity index (χ0n) is 8.20. The second-order valence-electron chi connectivity index (χ2n) is 3.40. The summed E-state index contributed by atoms with van der Waals surface area (Å²) in [6, 6.07) is -0.459. The van der Waals surface area contributed by atoms with Gasteiger partial charge in [-0.3, -0.25) is 4.79 Å². The van der Waals surface area contributed by atoms with E-state index in [0.717, 1.165) is 25.7 Å². The average Bonchev–Trinajstić information content (AvgIpc) is 2.11. The summed E-state index contributed by atoms with van der Waals surface area (Å²) >= 11 is 0. The molecule has 0 aliphatic rings. The second kappa shape index (κ2) is 6.86. The van der Waals surface area contributed by atoms with Gasteiger partial charge in [0, 0.05) is 6.04 Å². The van der Waals surface area contributed by atoms with Crippen LogP contribution in [-0.4, -0.2) is 23.2 Å². The summed E-state index contributed by atoms with van der Waals surface area (Å²) in [4.78, 5) is 10.3. The van der Waals surface area contributed by atoms with E-state index >= 15 is 0 Å². The molecule has 4 heteroatoms. The zero-order valence-corrected chi connectivity index (χ0v) is 8.20. The van der Waals surface area contributed by atoms with Crippen LogP contribution in [0.3, 0.4) is 0 Å². The van der Waals surface area contributed by atoms with Crippen LogP contribution in [0, 0.1) is 0 Å². The number of nitrogens with two attached hydrogens (primary N) is 2. The molecular formula is C9H20N2O2. The number of carboxylic acids is 1. The van der Waals surface area contributed by atoms with Gasteiger partial charge in [0.25, 0.3) is 0 Å². The molecule has 0 heterocycles. The van der Waals surface area contributed by atoms with Crippen molar-refractivity contribution in [2.45, 2.75) is 51.1 Å². The third-order valence-electron chi connectivity index (χ3n) is 2.18. The van der Waals surface area contributed by atoms with E-state index in [-0.39, 0.29) is 6.04 Å². The quantitative estimate of drug-likeness (QED) is 0.513. The Balaban J connectivity index is 3.30. The minimum atomic E-state index is -0.917. The molecule has 2 unspecified atom stereocenters. The van der Waals surface area contributed by atoms with Gasteiger partial charge in [-0.1, -0.05) is 19.8 Å². The van der Waals surface area contributed by atoms with E-state index in [2.05, 4.69) is 0 Å². The molecule has 0 aromatic carbocycles. The Morgan fingerprint density at radius 1 is 1.31 bits per heavy atom. The first-order valence-electron chi connectivity index (χ1n) is 4.81. The molecule has 0 spiro atoms. The van der Waals surface area contributed by atoms with Crippen molar-refractivity contribution in [3.8, 4) is 0 Å². The summed E-state index contributed by atoms with van der Waals surface area (Å²) in [6.07, 6.45) is 4.30. The number of hydrogen-bond acceptors (Lipinski definition) is 3. The maximum absolute atomic E-state index is 10.3. The first-order chi connectivity index (χ1) is 6.07. The van der Waals surface area contributed by atoms with Crippen molar-refractivity contribution in [2.75, 3.05) is 0 Å². The molecule has 0 saturated heterocycles. The normalized spacial score (nSPS) is 15.3. The Kier molecular flexibility index (Phi) is 6.54. The first kappa shape index (κ1) is 12.4. The van der Waals surface area contributed by atoms with Crippen molar-refractivity contribution < 1.29 is 9.90 Å². The monoisotopic (exact) mass is 188 g/mol. The average molecular weight is 188 g/mol. The highest BCUT2D eigenvalue weighted by molar-refractivity contribution is 5.72. The van der Waals surface area contributed by atoms with Crippen molar-refractivity contribution in [1.29, 1.82) is 0 Å². The van der Waals surface area contributed by atoms with Crippen LogP contribution in [0.25, 0.3) is 0 Å². The molecule has 0 aromatic rings. The van der Waals surface area contributed by atoms with Gasteiger partial charge in [0.15, 0.2) is 0 Å². The second-order valence-corrected chi connectivity index (χ2v) is 3.40. The standard InChI is InChI=1S/C9H20N2O2/c1-2-7(10)5-3-4-6-8(11)9(12)13/h7-8H,2-6,10-11H2,1H3,(H,12,13). The number of unbranched alkanes of at least 4 members (excludes halogenated alkanes) is 1. The minimum Gasteiger partial charge on any atom is -0.480 e. The highest BCUT2D eigenvalue weighted by atomic mass is 16.4. The lowest BCUT2D eigenvalue weighted by Gasteiger charge is -2.09. The van der Waals surface area contributed by atoms with Gasteiger partial charge in [-0.2, -0.15) is 0 Å². The summed E-state index contributed by atoms with van der Waals surface area (Å²) in [5, 5.41) is 8.49. The summed E-state index contributed by atoms with van der Waals surface area (Å²) in [5.41, 5.74) is 11.0. The van der Waals surface area contributed by atoms with Crippen LogP contribution < -0.4 is 11.5 Å². The Morgan fingerprint density at radius 3 is 2.31 bits per heavy atom. The molecule has 0 amide bonds. The molecule has 0 saturated carbocycles. The minimum absolute atomic E-state index is 0.251. The summed E-state index contributed by atoms with van der Waals surface area (Å²) in [5.74, 6) is -0.917. The maximum Gasteiger partial charge on any atom is 0.320 e. The number of carboxylic acid groups (broad SMARTS) is 1. The van der Waals surface area contributed by atoms with E-state index in [1.807, 2.05) is 6.92 Å². The fraction of sp³-hybridized carbons (Fsp3) is 0.889. The van der Waals surface area contributed by atoms with Gasteiger partial charge in [-0.05, 0) is 19.3 Å². The van der Waals surface area contributed by atoms with E-state index in [1.54, 1.807) is 0 Å². The van der Waals surface area contributed by atoms with E-state index in [4.69, 9.17) is 16.6 Å². The Labute approximate surface area is 79.3 Å². The van der Waals surface area contributed by atoms with Gasteiger partial charge in [0.1, 0.15) is 6.04 Å². The predicted molar refractivity (Wildman–Crippen MR) is 52.3 cm³/mol. The summed E-state index contributed by atoms with van der Waals surface area (Å²) < 4.78 is 0. The van der Waals surface area contributed by atoms with Crippen molar-refractivity contribution in [1.82, 2.24) is 0 Å². The number of rotatable bonds is 7. The van der Waals surface area contributed by atoms with Crippen molar-refractivity contribution in [2.24, 2.45) is 11.5 Å². The first-order valence-corrected chi connectivity index (χ1v) is 4.81. The van der Waals surface area contributed by atoms with Crippen LogP contribution in [0.4, 0.5) is 0 Å². The third kappa shape index (κ3) is 6.54. The predicted octanol–water partition coefficient (Wildman–Crippen LogP) is 0.696. The molecule has 4 nitrogen and oxygen atoms in total. The SMILES string of the molecule is CCC(N)CCCCC(N)C(=O)O. The molecule has 0 aliphatic heterocycles. The van der Waals surface area contributed by atoms with Gasteiger partial charge in [0.2, 0.25) is 0 Å². The molecule has 0 bridgehead atoms. The zero-order chi connectivity index (χ0) is 10.3. The smallest absolute Gasteiger partial charge is 0.320 e. The largest absolute Gasteiger partial charge is 0.480 e. The van der Waals surface area contributed by atoms with Gasteiger partial charge in [-0.15, -0.1) is 0 Å². The number of hydrogen-bond donors (Lipinski definition) is 3. The Bertz CT molecular complexity index is 151. The highest BCUT2D eigenvalue weighted by Crippen LogP contribution is 2.05. The van der Waals surface area contributed by atoms with Gasteiger partial charge < -0.3 is 16.6 Å². The van der Waals surface area contributed by atoms with E-state index in [0.29, 0.717) is 6.42 Å². The lowest BCUT2D eigenvalue weighted by Crippen LogP contribution is -2.29. The fourth-order valence-corrected chi connectivity index (χ4v) is 1.10. The summed E-state index contributed by atoms with van der Waals surface area (Å²) in [6.45, 7) is 2.05. The van der Waals surface area contributed by atoms with Crippen LogP contribution >= 0.6 is 0 Å². The van der Waals surface area contributed by atoms with E-state index < -0.39 is 12.0 Å². The molecule has 78 valence electrons. The lowest BCUT2D eigenvalue weighted by atomic mass is 10.0. The lowest BCUT2D eigenvalue weighted by molar-refractivity contribution is -0.138. The Hall–Kier alpha value is -0.610. The molecule has 2 atom stereocenters. The topological polar surface area (TPSA) is 89.3 Å². The van der Waals surface area contributed by atoms with Crippen LogP contribution in [0.2, 0.25) is 0 Å². The molecule has 0 radical (unpaired) electrons. The van der Waals surface area contributed by atoms with Crippen molar-refractivity contribution in [3.63, 3.8) is 0 Å². The molecule has 5 N–H and O–H groups in total. The summed E-state index contributed by atoms with van der Waals surface area (Å²) in [7, 11) is 0. The number of carbonyl (C=O) groups is 1. The molecule has 0 fully saturated rings. The van der Waals surface area contributed by atoms with Crippen LogP contribution in [-0.2, 0) is 4.79 Å². The van der Waals surface area contributed by atoms with Crippen molar-refractivity contribution >= 4 is 5.97 Å². The third-order valence-corrected chi connectivity index (χ3v) is 2.18. The van der Waals surface area contributed by atoms with E-state index in [9.17, 15) is 4.79 Å². The molecule has 13 heavy (non-hydrogen) atoms. The van der Waals surface area contributed by atoms with Gasteiger partial charge in [0.05, 0.1) is 0 Å². The van der Waals surface area contributed by atoms with Crippen molar-refractivity contribution in [3.05, 3.63) is 0 Å².